The van der Waals surface area contributed by atoms with Crippen LogP contribution in [-0.4, -0.2) is 5.78 Å². The summed E-state index contributed by atoms with van der Waals surface area (Å²) in [6.45, 7) is 0. The molecule has 0 amide bonds. The molecule has 1 unspecified atom stereocenters. The molecular formula is C22H13F6O2P. The maximum Gasteiger partial charge on any atom is 0.417 e. The molecule has 9 heteroatoms. The van der Waals surface area contributed by atoms with Crippen LogP contribution in [0.3, 0.4) is 0 Å². The Morgan fingerprint density at radius 3 is 1.74 bits per heavy atom. The molecule has 0 heterocycles. The van der Waals surface area contributed by atoms with Crippen LogP contribution in [0.25, 0.3) is 0 Å². The van der Waals surface area contributed by atoms with E-state index in [-0.39, 0.29) is 11.1 Å². The van der Waals surface area contributed by atoms with E-state index in [1.807, 2.05) is 0 Å². The SMILES string of the molecule is O=PC(c1ccccc1)c1ccccc1C(=O)c1c(C(F)(F)F)cccc1C(F)(F)F. The number of carbonyl (C=O) groups is 1. The normalized spacial score (nSPS) is 13.2. The molecule has 0 aromatic heterocycles. The van der Waals surface area contributed by atoms with E-state index in [1.54, 1.807) is 30.3 Å². The summed E-state index contributed by atoms with van der Waals surface area (Å²) < 4.78 is 93.0. The van der Waals surface area contributed by atoms with Crippen LogP contribution in [0, 0.1) is 0 Å². The van der Waals surface area contributed by atoms with Gasteiger partial charge in [0, 0.05) is 11.1 Å². The minimum Gasteiger partial charge on any atom is -0.289 e. The van der Waals surface area contributed by atoms with Gasteiger partial charge in [-0.1, -0.05) is 60.7 Å². The van der Waals surface area contributed by atoms with E-state index in [0.29, 0.717) is 23.8 Å². The van der Waals surface area contributed by atoms with Crippen LogP contribution in [-0.2, 0) is 16.9 Å². The summed E-state index contributed by atoms with van der Waals surface area (Å²) in [4.78, 5) is 13.1. The third-order valence-electron chi connectivity index (χ3n) is 4.62. The van der Waals surface area contributed by atoms with Gasteiger partial charge in [-0.3, -0.25) is 9.36 Å². The first-order valence-electron chi connectivity index (χ1n) is 8.84. The first kappa shape index (κ1) is 22.7. The number of hydrogen-bond donors (Lipinski definition) is 0. The Bertz CT molecular complexity index is 1070. The number of rotatable bonds is 5. The fourth-order valence-electron chi connectivity index (χ4n) is 3.28. The van der Waals surface area contributed by atoms with E-state index in [9.17, 15) is 35.7 Å². The van der Waals surface area contributed by atoms with Crippen LogP contribution >= 0.6 is 8.46 Å². The van der Waals surface area contributed by atoms with E-state index < -0.39 is 48.9 Å². The predicted octanol–water partition coefficient (Wildman–Crippen LogP) is 7.34. The highest BCUT2D eigenvalue weighted by Gasteiger charge is 2.43. The van der Waals surface area contributed by atoms with Crippen molar-refractivity contribution < 1.29 is 35.7 Å². The number of halogens is 6. The van der Waals surface area contributed by atoms with Gasteiger partial charge in [-0.25, -0.2) is 0 Å². The molecule has 0 aliphatic heterocycles. The molecule has 2 nitrogen and oxygen atoms in total. The van der Waals surface area contributed by atoms with Gasteiger partial charge >= 0.3 is 12.4 Å². The summed E-state index contributed by atoms with van der Waals surface area (Å²) in [5, 5.41) is 0. The predicted molar refractivity (Wildman–Crippen MR) is 102 cm³/mol. The molecule has 31 heavy (non-hydrogen) atoms. The standard InChI is InChI=1S/C22H13F6O2P/c23-21(24,25)16-11-6-12-17(22(26,27)28)18(16)19(29)14-9-4-5-10-15(14)20(31-30)13-7-2-1-3-8-13/h1-12,20H. The first-order chi connectivity index (χ1) is 14.6. The molecule has 0 radical (unpaired) electrons. The third-order valence-corrected chi connectivity index (χ3v) is 5.41. The molecule has 160 valence electrons. The summed E-state index contributed by atoms with van der Waals surface area (Å²) >= 11 is 0. The molecule has 1 atom stereocenters. The van der Waals surface area contributed by atoms with Gasteiger partial charge in [0.05, 0.1) is 16.8 Å². The summed E-state index contributed by atoms with van der Waals surface area (Å²) in [6.07, 6.45) is -10.4. The van der Waals surface area contributed by atoms with Crippen molar-refractivity contribution in [3.8, 4) is 0 Å². The van der Waals surface area contributed by atoms with E-state index in [4.69, 9.17) is 0 Å². The van der Waals surface area contributed by atoms with Crippen molar-refractivity contribution in [2.45, 2.75) is 18.0 Å². The highest BCUT2D eigenvalue weighted by Crippen LogP contribution is 2.42. The Morgan fingerprint density at radius 1 is 0.710 bits per heavy atom. The molecule has 0 N–H and O–H groups in total. The van der Waals surface area contributed by atoms with E-state index in [2.05, 4.69) is 0 Å². The highest BCUT2D eigenvalue weighted by atomic mass is 31.1. The first-order valence-corrected chi connectivity index (χ1v) is 9.72. The average Bonchev–Trinajstić information content (AvgIpc) is 2.73. The second-order valence-electron chi connectivity index (χ2n) is 6.56. The van der Waals surface area contributed by atoms with Gasteiger partial charge in [-0.05, 0) is 23.3 Å². The van der Waals surface area contributed by atoms with Crippen molar-refractivity contribution in [1.82, 2.24) is 0 Å². The van der Waals surface area contributed by atoms with Crippen molar-refractivity contribution >= 4 is 14.2 Å². The van der Waals surface area contributed by atoms with E-state index in [0.717, 1.165) is 6.07 Å². The summed E-state index contributed by atoms with van der Waals surface area (Å²) in [5.74, 6) is -1.44. The third kappa shape index (κ3) is 4.69. The van der Waals surface area contributed by atoms with Gasteiger partial charge < -0.3 is 0 Å². The fraction of sp³-hybridized carbons (Fsp3) is 0.136. The molecule has 3 rings (SSSR count). The maximum atomic E-state index is 13.5. The molecule has 0 spiro atoms. The minimum absolute atomic E-state index is 0.0560. The average molecular weight is 454 g/mol. The Morgan fingerprint density at radius 2 is 1.23 bits per heavy atom. The van der Waals surface area contributed by atoms with Gasteiger partial charge in [0.1, 0.15) is 0 Å². The second-order valence-corrected chi connectivity index (χ2v) is 7.29. The Hall–Kier alpha value is -2.99. The lowest BCUT2D eigenvalue weighted by atomic mass is 9.89. The quantitative estimate of drug-likeness (QED) is 0.230. The largest absolute Gasteiger partial charge is 0.417 e. The molecule has 0 fully saturated rings. The van der Waals surface area contributed by atoms with Gasteiger partial charge in [0.25, 0.3) is 0 Å². The molecule has 0 aliphatic carbocycles. The van der Waals surface area contributed by atoms with Crippen LogP contribution in [0.1, 0.15) is 43.8 Å². The summed E-state index contributed by atoms with van der Waals surface area (Å²) in [6, 6.07) is 14.9. The Labute approximate surface area is 174 Å². The Kier molecular flexibility index (Phi) is 6.32. The number of carbonyl (C=O) groups excluding carboxylic acids is 1. The van der Waals surface area contributed by atoms with Crippen molar-refractivity contribution in [1.29, 1.82) is 0 Å². The van der Waals surface area contributed by atoms with Crippen LogP contribution in [0.2, 0.25) is 0 Å². The van der Waals surface area contributed by atoms with Crippen LogP contribution in [0.4, 0.5) is 26.3 Å². The van der Waals surface area contributed by atoms with Crippen molar-refractivity contribution in [2.75, 3.05) is 0 Å². The molecule has 0 bridgehead atoms. The zero-order chi connectivity index (χ0) is 22.8. The number of benzene rings is 3. The topological polar surface area (TPSA) is 34.1 Å². The lowest BCUT2D eigenvalue weighted by Gasteiger charge is -2.20. The number of alkyl halides is 6. The molecule has 0 aliphatic rings. The molecule has 0 saturated heterocycles. The molecule has 0 saturated carbocycles. The van der Waals surface area contributed by atoms with E-state index >= 15 is 0 Å². The van der Waals surface area contributed by atoms with Crippen LogP contribution < -0.4 is 0 Å². The second kappa shape index (κ2) is 8.63. The zero-order valence-corrected chi connectivity index (χ0v) is 16.4. The lowest BCUT2D eigenvalue weighted by Crippen LogP contribution is -2.21. The molecule has 3 aromatic carbocycles. The fourth-order valence-corrected chi connectivity index (χ4v) is 3.91. The zero-order valence-electron chi connectivity index (χ0n) is 15.5. The number of ketones is 1. The molecule has 3 aromatic rings. The van der Waals surface area contributed by atoms with Gasteiger partial charge in [-0.2, -0.15) is 26.3 Å². The van der Waals surface area contributed by atoms with Crippen molar-refractivity contribution in [3.63, 3.8) is 0 Å². The van der Waals surface area contributed by atoms with Gasteiger partial charge in [0.2, 0.25) is 0 Å². The highest BCUT2D eigenvalue weighted by molar-refractivity contribution is 7.24. The minimum atomic E-state index is -5.18. The number of hydrogen-bond acceptors (Lipinski definition) is 2. The van der Waals surface area contributed by atoms with Crippen molar-refractivity contribution in [3.05, 3.63) is 106 Å². The summed E-state index contributed by atoms with van der Waals surface area (Å²) in [7, 11) is -0.474. The molecular weight excluding hydrogens is 441 g/mol. The van der Waals surface area contributed by atoms with Crippen LogP contribution in [0.5, 0.6) is 0 Å². The van der Waals surface area contributed by atoms with Gasteiger partial charge in [0.15, 0.2) is 14.2 Å². The van der Waals surface area contributed by atoms with Gasteiger partial charge in [-0.15, -0.1) is 0 Å². The lowest BCUT2D eigenvalue weighted by molar-refractivity contribution is -0.143. The van der Waals surface area contributed by atoms with Crippen molar-refractivity contribution in [2.24, 2.45) is 0 Å². The monoisotopic (exact) mass is 454 g/mol. The smallest absolute Gasteiger partial charge is 0.289 e. The summed E-state index contributed by atoms with van der Waals surface area (Å²) in [5.41, 5.74) is -5.64. The Balaban J connectivity index is 2.26. The van der Waals surface area contributed by atoms with Crippen LogP contribution in [0.15, 0.2) is 72.8 Å². The maximum absolute atomic E-state index is 13.5. The van der Waals surface area contributed by atoms with E-state index in [1.165, 1.54) is 18.2 Å².